The lowest BCUT2D eigenvalue weighted by Crippen LogP contribution is -2.65. The summed E-state index contributed by atoms with van der Waals surface area (Å²) in [4.78, 5) is 14.1. The lowest BCUT2D eigenvalue weighted by molar-refractivity contribution is -0.103. The quantitative estimate of drug-likeness (QED) is 0.619. The van der Waals surface area contributed by atoms with Crippen LogP contribution in [0.25, 0.3) is 0 Å². The molecule has 2 rings (SSSR count). The van der Waals surface area contributed by atoms with Crippen molar-refractivity contribution in [2.24, 2.45) is 0 Å². The molecule has 4 heteroatoms. The molecule has 18 heavy (non-hydrogen) atoms. The molecule has 2 bridgehead atoms. The maximum atomic E-state index is 12.3. The highest BCUT2D eigenvalue weighted by Crippen LogP contribution is 2.36. The van der Waals surface area contributed by atoms with Crippen LogP contribution in [0.15, 0.2) is 0 Å². The van der Waals surface area contributed by atoms with Gasteiger partial charge in [0, 0.05) is 0 Å². The number of fused-ring (bicyclic) bond motifs is 2. The second kappa shape index (κ2) is 4.47. The Hall–Kier alpha value is -1.21. The maximum absolute atomic E-state index is 12.3. The van der Waals surface area contributed by atoms with Gasteiger partial charge in [0.25, 0.3) is 0 Å². The Bertz CT molecular complexity index is 367. The second-order valence-corrected chi connectivity index (χ2v) is 6.09. The Kier molecular flexibility index (Phi) is 3.29. The van der Waals surface area contributed by atoms with Crippen LogP contribution in [0.5, 0.6) is 0 Å². The van der Waals surface area contributed by atoms with Gasteiger partial charge in [-0.2, -0.15) is 0 Å². The van der Waals surface area contributed by atoms with Gasteiger partial charge in [-0.1, -0.05) is 5.92 Å². The first-order valence-corrected chi connectivity index (χ1v) is 6.46. The van der Waals surface area contributed by atoms with Crippen molar-refractivity contribution in [3.05, 3.63) is 0 Å². The molecule has 2 heterocycles. The molecule has 2 aliphatic rings. The smallest absolute Gasteiger partial charge is 0.411 e. The minimum atomic E-state index is -0.608. The van der Waals surface area contributed by atoms with Gasteiger partial charge in [-0.15, -0.1) is 6.42 Å². The molecular weight excluding hydrogens is 230 g/mol. The third-order valence-electron chi connectivity index (χ3n) is 3.46. The number of carbonyl (C=O) groups excluding carboxylic acids is 1. The predicted octanol–water partition coefficient (Wildman–Crippen LogP) is 2.18. The molecule has 0 N–H and O–H groups in total. The van der Waals surface area contributed by atoms with E-state index in [0.717, 1.165) is 19.3 Å². The summed E-state index contributed by atoms with van der Waals surface area (Å²) in [6, 6.07) is 0.0541. The minimum absolute atomic E-state index is 0.0541. The topological polar surface area (TPSA) is 38.8 Å². The summed E-state index contributed by atoms with van der Waals surface area (Å²) in [5.41, 5.74) is -1.11. The van der Waals surface area contributed by atoms with Gasteiger partial charge in [-0.3, -0.25) is 4.90 Å². The number of nitrogens with zero attached hydrogens (tertiary/aromatic N) is 1. The number of hydrogen-bond acceptors (Lipinski definition) is 3. The highest BCUT2D eigenvalue weighted by molar-refractivity contribution is 5.71. The monoisotopic (exact) mass is 251 g/mol. The fraction of sp³-hybridized carbons (Fsp3) is 0.786. The average Bonchev–Trinajstić information content (AvgIpc) is 2.25. The van der Waals surface area contributed by atoms with Gasteiger partial charge in [0.1, 0.15) is 11.1 Å². The first kappa shape index (κ1) is 13.2. The van der Waals surface area contributed by atoms with Crippen molar-refractivity contribution < 1.29 is 14.3 Å². The van der Waals surface area contributed by atoms with Gasteiger partial charge < -0.3 is 9.47 Å². The second-order valence-electron chi connectivity index (χ2n) is 6.09. The minimum Gasteiger partial charge on any atom is -0.444 e. The Labute approximate surface area is 109 Å². The van der Waals surface area contributed by atoms with Crippen molar-refractivity contribution in [3.63, 3.8) is 0 Å². The maximum Gasteiger partial charge on any atom is 0.411 e. The Morgan fingerprint density at radius 2 is 2.28 bits per heavy atom. The van der Waals surface area contributed by atoms with E-state index in [9.17, 15) is 4.79 Å². The molecule has 2 aliphatic heterocycles. The van der Waals surface area contributed by atoms with Crippen LogP contribution in [0.2, 0.25) is 0 Å². The molecule has 1 amide bonds. The van der Waals surface area contributed by atoms with Crippen LogP contribution in [0, 0.1) is 12.3 Å². The van der Waals surface area contributed by atoms with Crippen LogP contribution in [0.1, 0.15) is 40.0 Å². The Balaban J connectivity index is 2.23. The molecule has 2 atom stereocenters. The highest BCUT2D eigenvalue weighted by atomic mass is 16.6. The third kappa shape index (κ3) is 2.32. The highest BCUT2D eigenvalue weighted by Gasteiger charge is 2.49. The van der Waals surface area contributed by atoms with E-state index in [1.807, 2.05) is 20.8 Å². The number of piperidine rings is 1. The number of morpholine rings is 1. The molecule has 2 saturated heterocycles. The summed E-state index contributed by atoms with van der Waals surface area (Å²) in [5, 5.41) is 0. The Morgan fingerprint density at radius 1 is 1.56 bits per heavy atom. The predicted molar refractivity (Wildman–Crippen MR) is 68.1 cm³/mol. The number of hydrogen-bond donors (Lipinski definition) is 0. The average molecular weight is 251 g/mol. The molecule has 0 aliphatic carbocycles. The molecular formula is C14H21NO3. The molecule has 100 valence electrons. The van der Waals surface area contributed by atoms with E-state index in [1.165, 1.54) is 0 Å². The zero-order valence-electron chi connectivity index (χ0n) is 11.4. The van der Waals surface area contributed by atoms with E-state index < -0.39 is 11.1 Å². The number of terminal acetylenes is 1. The summed E-state index contributed by atoms with van der Waals surface area (Å²) in [6.45, 7) is 6.57. The van der Waals surface area contributed by atoms with Gasteiger partial charge in [0.05, 0.1) is 19.3 Å². The van der Waals surface area contributed by atoms with Crippen molar-refractivity contribution in [2.45, 2.75) is 57.2 Å². The number of ether oxygens (including phenoxy) is 2. The van der Waals surface area contributed by atoms with E-state index in [0.29, 0.717) is 13.2 Å². The van der Waals surface area contributed by atoms with Crippen LogP contribution in [-0.4, -0.2) is 41.4 Å². The number of carbonyl (C=O) groups is 1. The van der Waals surface area contributed by atoms with Crippen molar-refractivity contribution in [1.82, 2.24) is 4.90 Å². The molecule has 0 spiro atoms. The fourth-order valence-corrected chi connectivity index (χ4v) is 2.71. The first-order chi connectivity index (χ1) is 8.38. The molecule has 2 fully saturated rings. The number of rotatable bonds is 0. The van der Waals surface area contributed by atoms with Crippen LogP contribution in [0.3, 0.4) is 0 Å². The largest absolute Gasteiger partial charge is 0.444 e. The Morgan fingerprint density at radius 3 is 2.89 bits per heavy atom. The van der Waals surface area contributed by atoms with Crippen LogP contribution in [-0.2, 0) is 9.47 Å². The van der Waals surface area contributed by atoms with E-state index >= 15 is 0 Å². The zero-order chi connectivity index (χ0) is 13.4. The van der Waals surface area contributed by atoms with Gasteiger partial charge in [-0.05, 0) is 40.0 Å². The number of amides is 1. The molecule has 0 aromatic carbocycles. The van der Waals surface area contributed by atoms with Crippen LogP contribution in [0.4, 0.5) is 4.79 Å². The third-order valence-corrected chi connectivity index (χ3v) is 3.46. The lowest BCUT2D eigenvalue weighted by atomic mass is 9.83. The molecule has 0 aromatic rings. The molecule has 0 radical (unpaired) electrons. The van der Waals surface area contributed by atoms with Gasteiger partial charge in [0.2, 0.25) is 0 Å². The SMILES string of the molecule is C#CC12CCCC(COC1)N2C(=O)OC(C)(C)C. The first-order valence-electron chi connectivity index (χ1n) is 6.46. The summed E-state index contributed by atoms with van der Waals surface area (Å²) in [5.74, 6) is 2.77. The summed E-state index contributed by atoms with van der Waals surface area (Å²) >= 11 is 0. The summed E-state index contributed by atoms with van der Waals surface area (Å²) in [7, 11) is 0. The van der Waals surface area contributed by atoms with Crippen LogP contribution >= 0.6 is 0 Å². The molecule has 0 aromatic heterocycles. The standard InChI is InChI=1S/C14H21NO3/c1-5-14-8-6-7-11(9-17-10-14)15(14)12(16)18-13(2,3)4/h1,11H,6-10H2,2-4H3. The van der Waals surface area contributed by atoms with Crippen molar-refractivity contribution in [3.8, 4) is 12.3 Å². The molecule has 2 unspecified atom stereocenters. The van der Waals surface area contributed by atoms with Gasteiger partial charge >= 0.3 is 6.09 Å². The summed E-state index contributed by atoms with van der Waals surface area (Å²) in [6.07, 6.45) is 8.11. The van der Waals surface area contributed by atoms with E-state index in [-0.39, 0.29) is 12.1 Å². The fourth-order valence-electron chi connectivity index (χ4n) is 2.71. The molecule has 0 saturated carbocycles. The summed E-state index contributed by atoms with van der Waals surface area (Å²) < 4.78 is 11.0. The van der Waals surface area contributed by atoms with Gasteiger partial charge in [0.15, 0.2) is 0 Å². The van der Waals surface area contributed by atoms with Crippen LogP contribution < -0.4 is 0 Å². The van der Waals surface area contributed by atoms with Crippen molar-refractivity contribution in [2.75, 3.05) is 13.2 Å². The van der Waals surface area contributed by atoms with E-state index in [2.05, 4.69) is 5.92 Å². The van der Waals surface area contributed by atoms with Crippen molar-refractivity contribution in [1.29, 1.82) is 0 Å². The molecule has 4 nitrogen and oxygen atoms in total. The van der Waals surface area contributed by atoms with Crippen molar-refractivity contribution >= 4 is 6.09 Å². The van der Waals surface area contributed by atoms with E-state index in [1.54, 1.807) is 4.90 Å². The van der Waals surface area contributed by atoms with E-state index in [4.69, 9.17) is 15.9 Å². The zero-order valence-corrected chi connectivity index (χ0v) is 11.4. The van der Waals surface area contributed by atoms with Gasteiger partial charge in [-0.25, -0.2) is 4.79 Å². The lowest BCUT2D eigenvalue weighted by Gasteiger charge is -2.51. The normalized spacial score (nSPS) is 31.7.